The summed E-state index contributed by atoms with van der Waals surface area (Å²) >= 11 is 0. The van der Waals surface area contributed by atoms with Gasteiger partial charge in [0.05, 0.1) is 35.2 Å². The Kier molecular flexibility index (Phi) is 6.08. The number of ether oxygens (including phenoxy) is 1. The molecule has 0 unspecified atom stereocenters. The molecule has 3 aliphatic rings. The standard InChI is InChI=1S/C27H36N6O2/c1-17(2)23-14-31(10-11-33(23)24(34)15-32-9-8-18(3)30-32)26-21(13-28)20-12-27(4,5)35-16-22(20)25(29-26)19-6-7-19/h8-9,17,19,23H,6-7,10-12,14-16H2,1-5H3/t23-/m0/s1. The predicted octanol–water partition coefficient (Wildman–Crippen LogP) is 3.56. The van der Waals surface area contributed by atoms with E-state index in [4.69, 9.17) is 9.72 Å². The van der Waals surface area contributed by atoms with Crippen LogP contribution in [0.3, 0.4) is 0 Å². The summed E-state index contributed by atoms with van der Waals surface area (Å²) in [6.07, 6.45) is 4.88. The average molecular weight is 477 g/mol. The smallest absolute Gasteiger partial charge is 0.244 e. The number of nitriles is 1. The van der Waals surface area contributed by atoms with Crippen LogP contribution in [0.2, 0.25) is 0 Å². The van der Waals surface area contributed by atoms with Crippen LogP contribution in [0.5, 0.6) is 0 Å². The van der Waals surface area contributed by atoms with Crippen molar-refractivity contribution in [2.24, 2.45) is 5.92 Å². The van der Waals surface area contributed by atoms with Gasteiger partial charge in [0.15, 0.2) is 0 Å². The van der Waals surface area contributed by atoms with Crippen molar-refractivity contribution < 1.29 is 9.53 Å². The highest BCUT2D eigenvalue weighted by Gasteiger charge is 2.39. The molecule has 2 aliphatic heterocycles. The van der Waals surface area contributed by atoms with E-state index in [1.165, 1.54) is 0 Å². The van der Waals surface area contributed by atoms with Gasteiger partial charge in [-0.3, -0.25) is 9.48 Å². The van der Waals surface area contributed by atoms with Gasteiger partial charge in [-0.2, -0.15) is 10.4 Å². The number of amides is 1. The van der Waals surface area contributed by atoms with Gasteiger partial charge in [-0.15, -0.1) is 0 Å². The van der Waals surface area contributed by atoms with Crippen molar-refractivity contribution >= 4 is 11.7 Å². The van der Waals surface area contributed by atoms with Gasteiger partial charge in [0, 0.05) is 43.7 Å². The van der Waals surface area contributed by atoms with Gasteiger partial charge in [0.25, 0.3) is 0 Å². The molecule has 0 radical (unpaired) electrons. The maximum Gasteiger partial charge on any atom is 0.244 e. The van der Waals surface area contributed by atoms with Gasteiger partial charge in [-0.25, -0.2) is 4.98 Å². The molecule has 35 heavy (non-hydrogen) atoms. The quantitative estimate of drug-likeness (QED) is 0.656. The first kappa shape index (κ1) is 23.8. The van der Waals surface area contributed by atoms with Crippen LogP contribution in [0.25, 0.3) is 0 Å². The van der Waals surface area contributed by atoms with Crippen molar-refractivity contribution in [3.8, 4) is 6.07 Å². The Morgan fingerprint density at radius 1 is 1.29 bits per heavy atom. The zero-order chi connectivity index (χ0) is 24.9. The molecule has 1 saturated carbocycles. The first-order valence-corrected chi connectivity index (χ1v) is 12.8. The molecule has 2 aromatic rings. The van der Waals surface area contributed by atoms with E-state index in [1.54, 1.807) is 4.68 Å². The first-order chi connectivity index (χ1) is 16.7. The van der Waals surface area contributed by atoms with Gasteiger partial charge < -0.3 is 14.5 Å². The van der Waals surface area contributed by atoms with Gasteiger partial charge in [0.1, 0.15) is 18.4 Å². The number of aryl methyl sites for hydroxylation is 1. The van der Waals surface area contributed by atoms with Crippen molar-refractivity contribution in [3.05, 3.63) is 40.3 Å². The Morgan fingerprint density at radius 3 is 2.69 bits per heavy atom. The van der Waals surface area contributed by atoms with Crippen molar-refractivity contribution in [1.82, 2.24) is 19.7 Å². The summed E-state index contributed by atoms with van der Waals surface area (Å²) in [5.41, 5.74) is 4.67. The zero-order valence-corrected chi connectivity index (χ0v) is 21.5. The van der Waals surface area contributed by atoms with Crippen molar-refractivity contribution in [3.63, 3.8) is 0 Å². The molecule has 0 spiro atoms. The van der Waals surface area contributed by atoms with E-state index < -0.39 is 0 Å². The van der Waals surface area contributed by atoms with Crippen LogP contribution in [-0.4, -0.2) is 56.8 Å². The second-order valence-electron chi connectivity index (χ2n) is 11.3. The number of anilines is 1. The highest BCUT2D eigenvalue weighted by Crippen LogP contribution is 2.46. The molecule has 1 amide bonds. The molecule has 8 nitrogen and oxygen atoms in total. The number of hydrogen-bond donors (Lipinski definition) is 0. The normalized spacial score (nSPS) is 21.7. The number of rotatable bonds is 5. The maximum absolute atomic E-state index is 13.2. The molecule has 1 atom stereocenters. The molecule has 1 aliphatic carbocycles. The highest BCUT2D eigenvalue weighted by atomic mass is 16.5. The predicted molar refractivity (Wildman–Crippen MR) is 133 cm³/mol. The summed E-state index contributed by atoms with van der Waals surface area (Å²) in [7, 11) is 0. The lowest BCUT2D eigenvalue weighted by molar-refractivity contribution is -0.135. The minimum absolute atomic E-state index is 0.0430. The van der Waals surface area contributed by atoms with Crippen molar-refractivity contribution in [1.29, 1.82) is 5.26 Å². The third-order valence-electron chi connectivity index (χ3n) is 7.59. The van der Waals surface area contributed by atoms with Gasteiger partial charge in [-0.1, -0.05) is 13.8 Å². The number of carbonyl (C=O) groups excluding carboxylic acids is 1. The average Bonchev–Trinajstić information content (AvgIpc) is 3.58. The largest absolute Gasteiger partial charge is 0.370 e. The fourth-order valence-electron chi connectivity index (χ4n) is 5.48. The number of carbonyl (C=O) groups is 1. The van der Waals surface area contributed by atoms with E-state index >= 15 is 0 Å². The van der Waals surface area contributed by atoms with Crippen LogP contribution in [0, 0.1) is 24.2 Å². The van der Waals surface area contributed by atoms with Gasteiger partial charge in [0.2, 0.25) is 5.91 Å². The van der Waals surface area contributed by atoms with Crippen molar-refractivity contribution in [2.75, 3.05) is 24.5 Å². The monoisotopic (exact) mass is 476 g/mol. The topological polar surface area (TPSA) is 87.3 Å². The Balaban J connectivity index is 1.45. The van der Waals surface area contributed by atoms with Crippen LogP contribution in [0.15, 0.2) is 12.3 Å². The molecule has 0 bridgehead atoms. The molecule has 5 rings (SSSR count). The molecular formula is C27H36N6O2. The lowest BCUT2D eigenvalue weighted by Gasteiger charge is -2.44. The first-order valence-electron chi connectivity index (χ1n) is 12.8. The molecule has 186 valence electrons. The summed E-state index contributed by atoms with van der Waals surface area (Å²) in [6.45, 7) is 13.2. The van der Waals surface area contributed by atoms with Crippen molar-refractivity contribution in [2.45, 2.75) is 84.6 Å². The summed E-state index contributed by atoms with van der Waals surface area (Å²) in [6, 6.07) is 4.47. The van der Waals surface area contributed by atoms with Crippen LogP contribution >= 0.6 is 0 Å². The lowest BCUT2D eigenvalue weighted by Crippen LogP contribution is -2.58. The fraction of sp³-hybridized carbons (Fsp3) is 0.630. The Labute approximate surface area is 207 Å². The second kappa shape index (κ2) is 8.94. The second-order valence-corrected chi connectivity index (χ2v) is 11.3. The van der Waals surface area contributed by atoms with E-state index in [2.05, 4.69) is 43.8 Å². The maximum atomic E-state index is 13.2. The van der Waals surface area contributed by atoms with Crippen LogP contribution in [0.4, 0.5) is 5.82 Å². The number of fused-ring (bicyclic) bond motifs is 1. The molecule has 2 aromatic heterocycles. The number of nitrogens with zero attached hydrogens (tertiary/aromatic N) is 6. The minimum atomic E-state index is -0.297. The minimum Gasteiger partial charge on any atom is -0.370 e. The summed E-state index contributed by atoms with van der Waals surface area (Å²) in [5.74, 6) is 1.63. The molecule has 4 heterocycles. The summed E-state index contributed by atoms with van der Waals surface area (Å²) in [5, 5.41) is 14.7. The van der Waals surface area contributed by atoms with Crippen LogP contribution in [-0.2, 0) is 29.1 Å². The SMILES string of the molecule is Cc1ccn(CC(=O)N2CCN(c3nc(C4CC4)c4c(c3C#N)CC(C)(C)OC4)C[C@H]2C(C)C)n1. The molecule has 8 heteroatoms. The number of pyridine rings is 1. The van der Waals surface area contributed by atoms with Gasteiger partial charge in [-0.05, 0) is 51.2 Å². The third-order valence-corrected chi connectivity index (χ3v) is 7.59. The van der Waals surface area contributed by atoms with E-state index in [9.17, 15) is 10.1 Å². The Morgan fingerprint density at radius 2 is 2.06 bits per heavy atom. The number of piperazine rings is 1. The van der Waals surface area contributed by atoms with Crippen LogP contribution in [0.1, 0.15) is 74.5 Å². The fourth-order valence-corrected chi connectivity index (χ4v) is 5.48. The lowest BCUT2D eigenvalue weighted by atomic mass is 9.87. The molecule has 0 N–H and O–H groups in total. The van der Waals surface area contributed by atoms with Gasteiger partial charge >= 0.3 is 0 Å². The number of aromatic nitrogens is 3. The third kappa shape index (κ3) is 4.66. The van der Waals surface area contributed by atoms with E-state index in [1.807, 2.05) is 24.1 Å². The van der Waals surface area contributed by atoms with E-state index in [-0.39, 0.29) is 30.0 Å². The molecule has 2 fully saturated rings. The van der Waals surface area contributed by atoms with E-state index in [0.717, 1.165) is 47.6 Å². The Hall–Kier alpha value is -2.92. The summed E-state index contributed by atoms with van der Waals surface area (Å²) < 4.78 is 7.83. The molecule has 1 saturated heterocycles. The highest BCUT2D eigenvalue weighted by molar-refractivity contribution is 5.77. The van der Waals surface area contributed by atoms with E-state index in [0.29, 0.717) is 37.7 Å². The summed E-state index contributed by atoms with van der Waals surface area (Å²) in [4.78, 5) is 22.6. The molecular weight excluding hydrogens is 440 g/mol. The van der Waals surface area contributed by atoms with Crippen LogP contribution < -0.4 is 4.90 Å². The number of hydrogen-bond acceptors (Lipinski definition) is 6. The zero-order valence-electron chi connectivity index (χ0n) is 21.5. The Bertz CT molecular complexity index is 1170. The molecule has 0 aromatic carbocycles.